The van der Waals surface area contributed by atoms with E-state index in [1.807, 2.05) is 18.2 Å². The van der Waals surface area contributed by atoms with Gasteiger partial charge in [-0.05, 0) is 11.6 Å². The molecule has 0 aromatic heterocycles. The van der Waals surface area contributed by atoms with Gasteiger partial charge in [-0.15, -0.1) is 0 Å². The SMILES string of the molecule is COCC(Br)CN(C)C(=O)Cc1ccccc1Cl. The van der Waals surface area contributed by atoms with Gasteiger partial charge in [-0.3, -0.25) is 4.79 Å². The number of ether oxygens (including phenoxy) is 1. The summed E-state index contributed by atoms with van der Waals surface area (Å²) in [5, 5.41) is 0.631. The monoisotopic (exact) mass is 333 g/mol. The standard InChI is InChI=1S/C13H17BrClNO2/c1-16(8-11(14)9-18-2)13(17)7-10-5-3-4-6-12(10)15/h3-6,11H,7-9H2,1-2H3. The third-order valence-electron chi connectivity index (χ3n) is 2.54. The second kappa shape index (κ2) is 7.77. The van der Waals surface area contributed by atoms with Gasteiger partial charge in [0.05, 0.1) is 17.9 Å². The van der Waals surface area contributed by atoms with Crippen LogP contribution < -0.4 is 0 Å². The number of halogens is 2. The summed E-state index contributed by atoms with van der Waals surface area (Å²) in [6, 6.07) is 7.40. The van der Waals surface area contributed by atoms with E-state index in [9.17, 15) is 4.79 Å². The van der Waals surface area contributed by atoms with E-state index < -0.39 is 0 Å². The second-order valence-corrected chi connectivity index (χ2v) is 5.80. The minimum absolute atomic E-state index is 0.0450. The highest BCUT2D eigenvalue weighted by molar-refractivity contribution is 9.09. The molecule has 0 aliphatic heterocycles. The Morgan fingerprint density at radius 3 is 2.78 bits per heavy atom. The fourth-order valence-electron chi connectivity index (χ4n) is 1.57. The molecule has 0 saturated heterocycles. The van der Waals surface area contributed by atoms with Crippen LogP contribution in [0.4, 0.5) is 0 Å². The average molecular weight is 335 g/mol. The van der Waals surface area contributed by atoms with Crippen molar-refractivity contribution in [2.45, 2.75) is 11.2 Å². The zero-order valence-corrected chi connectivity index (χ0v) is 12.9. The van der Waals surface area contributed by atoms with Gasteiger partial charge in [0.2, 0.25) is 5.91 Å². The number of alkyl halides is 1. The first-order valence-electron chi connectivity index (χ1n) is 5.65. The first-order valence-corrected chi connectivity index (χ1v) is 6.94. The van der Waals surface area contributed by atoms with Crippen LogP contribution in [0.3, 0.4) is 0 Å². The lowest BCUT2D eigenvalue weighted by Crippen LogP contribution is -2.34. The topological polar surface area (TPSA) is 29.5 Å². The molecule has 1 rings (SSSR count). The minimum atomic E-state index is 0.0450. The molecule has 18 heavy (non-hydrogen) atoms. The maximum Gasteiger partial charge on any atom is 0.226 e. The fraction of sp³-hybridized carbons (Fsp3) is 0.462. The van der Waals surface area contributed by atoms with Gasteiger partial charge in [0.25, 0.3) is 0 Å². The Balaban J connectivity index is 2.52. The van der Waals surface area contributed by atoms with E-state index >= 15 is 0 Å². The summed E-state index contributed by atoms with van der Waals surface area (Å²) >= 11 is 9.49. The van der Waals surface area contributed by atoms with E-state index in [-0.39, 0.29) is 10.7 Å². The van der Waals surface area contributed by atoms with Crippen molar-refractivity contribution in [1.29, 1.82) is 0 Å². The van der Waals surface area contributed by atoms with Crippen LogP contribution in [0.25, 0.3) is 0 Å². The summed E-state index contributed by atoms with van der Waals surface area (Å²) in [6.07, 6.45) is 0.322. The summed E-state index contributed by atoms with van der Waals surface area (Å²) in [5.74, 6) is 0.0450. The van der Waals surface area contributed by atoms with Crippen molar-refractivity contribution in [3.05, 3.63) is 34.9 Å². The molecule has 1 aromatic carbocycles. The molecule has 0 spiro atoms. The van der Waals surface area contributed by atoms with Gasteiger partial charge in [0, 0.05) is 25.7 Å². The Bertz CT molecular complexity index is 400. The van der Waals surface area contributed by atoms with Crippen LogP contribution in [0, 0.1) is 0 Å². The van der Waals surface area contributed by atoms with Crippen LogP contribution in [0.15, 0.2) is 24.3 Å². The Labute approximate surface area is 121 Å². The predicted octanol–water partition coefficient (Wildman–Crippen LogP) is 2.75. The summed E-state index contributed by atoms with van der Waals surface area (Å²) in [6.45, 7) is 1.18. The van der Waals surface area contributed by atoms with Crippen molar-refractivity contribution < 1.29 is 9.53 Å². The molecule has 1 amide bonds. The van der Waals surface area contributed by atoms with Crippen molar-refractivity contribution in [2.75, 3.05) is 27.3 Å². The number of amides is 1. The molecule has 0 radical (unpaired) electrons. The number of hydrogen-bond donors (Lipinski definition) is 0. The molecule has 0 heterocycles. The van der Waals surface area contributed by atoms with Gasteiger partial charge in [-0.1, -0.05) is 45.7 Å². The van der Waals surface area contributed by atoms with Crippen LogP contribution in [0.5, 0.6) is 0 Å². The summed E-state index contributed by atoms with van der Waals surface area (Å²) in [4.78, 5) is 13.8. The van der Waals surface area contributed by atoms with Crippen LogP contribution in [0.1, 0.15) is 5.56 Å². The molecule has 1 aromatic rings. The highest BCUT2D eigenvalue weighted by Crippen LogP contribution is 2.16. The normalized spacial score (nSPS) is 12.2. The quantitative estimate of drug-likeness (QED) is 0.749. The van der Waals surface area contributed by atoms with Gasteiger partial charge in [-0.2, -0.15) is 0 Å². The molecule has 5 heteroatoms. The Morgan fingerprint density at radius 1 is 1.50 bits per heavy atom. The van der Waals surface area contributed by atoms with Crippen LogP contribution in [0.2, 0.25) is 5.02 Å². The van der Waals surface area contributed by atoms with E-state index in [1.165, 1.54) is 0 Å². The number of carbonyl (C=O) groups excluding carboxylic acids is 1. The third kappa shape index (κ3) is 4.96. The van der Waals surface area contributed by atoms with Gasteiger partial charge in [-0.25, -0.2) is 0 Å². The van der Waals surface area contributed by atoms with E-state index in [4.69, 9.17) is 16.3 Å². The number of benzene rings is 1. The predicted molar refractivity (Wildman–Crippen MR) is 77.4 cm³/mol. The van der Waals surface area contributed by atoms with Crippen LogP contribution in [-0.4, -0.2) is 42.9 Å². The largest absolute Gasteiger partial charge is 0.383 e. The Morgan fingerprint density at radius 2 is 2.17 bits per heavy atom. The smallest absolute Gasteiger partial charge is 0.226 e. The van der Waals surface area contributed by atoms with Crippen LogP contribution in [-0.2, 0) is 16.0 Å². The Kier molecular flexibility index (Phi) is 6.68. The van der Waals surface area contributed by atoms with Crippen molar-refractivity contribution in [2.24, 2.45) is 0 Å². The number of likely N-dealkylation sites (N-methyl/N-ethyl adjacent to an activating group) is 1. The second-order valence-electron chi connectivity index (χ2n) is 4.10. The molecular formula is C13H17BrClNO2. The van der Waals surface area contributed by atoms with Crippen molar-refractivity contribution in [3.8, 4) is 0 Å². The molecule has 0 bridgehead atoms. The van der Waals surface area contributed by atoms with Crippen molar-refractivity contribution in [3.63, 3.8) is 0 Å². The number of rotatable bonds is 6. The number of carbonyl (C=O) groups is 1. The lowest BCUT2D eigenvalue weighted by molar-refractivity contribution is -0.129. The lowest BCUT2D eigenvalue weighted by Gasteiger charge is -2.20. The zero-order valence-electron chi connectivity index (χ0n) is 10.5. The molecule has 1 unspecified atom stereocenters. The molecule has 0 fully saturated rings. The fourth-order valence-corrected chi connectivity index (χ4v) is 2.47. The highest BCUT2D eigenvalue weighted by atomic mass is 79.9. The van der Waals surface area contributed by atoms with Gasteiger partial charge in [0.15, 0.2) is 0 Å². The summed E-state index contributed by atoms with van der Waals surface area (Å²) < 4.78 is 5.02. The van der Waals surface area contributed by atoms with Gasteiger partial charge >= 0.3 is 0 Å². The van der Waals surface area contributed by atoms with E-state index in [0.29, 0.717) is 24.6 Å². The van der Waals surface area contributed by atoms with Crippen molar-refractivity contribution >= 4 is 33.4 Å². The first-order chi connectivity index (χ1) is 8.54. The molecule has 1 atom stereocenters. The summed E-state index contributed by atoms with van der Waals surface area (Å²) in [5.41, 5.74) is 0.855. The average Bonchev–Trinajstić information content (AvgIpc) is 2.32. The number of nitrogens with zero attached hydrogens (tertiary/aromatic N) is 1. The molecular weight excluding hydrogens is 318 g/mol. The Hall–Kier alpha value is -0.580. The van der Waals surface area contributed by atoms with E-state index in [1.54, 1.807) is 25.1 Å². The van der Waals surface area contributed by atoms with Gasteiger partial charge < -0.3 is 9.64 Å². The molecule has 100 valence electrons. The molecule has 0 aliphatic carbocycles. The highest BCUT2D eigenvalue weighted by Gasteiger charge is 2.14. The molecule has 3 nitrogen and oxygen atoms in total. The first kappa shape index (κ1) is 15.5. The maximum absolute atomic E-state index is 12.0. The van der Waals surface area contributed by atoms with Gasteiger partial charge in [0.1, 0.15) is 0 Å². The summed E-state index contributed by atoms with van der Waals surface area (Å²) in [7, 11) is 3.42. The minimum Gasteiger partial charge on any atom is -0.383 e. The lowest BCUT2D eigenvalue weighted by atomic mass is 10.1. The third-order valence-corrected chi connectivity index (χ3v) is 3.47. The van der Waals surface area contributed by atoms with E-state index in [0.717, 1.165) is 5.56 Å². The molecule has 0 aliphatic rings. The van der Waals surface area contributed by atoms with Crippen LogP contribution >= 0.6 is 27.5 Å². The maximum atomic E-state index is 12.0. The molecule has 0 saturated carbocycles. The number of hydrogen-bond acceptors (Lipinski definition) is 2. The van der Waals surface area contributed by atoms with E-state index in [2.05, 4.69) is 15.9 Å². The zero-order chi connectivity index (χ0) is 13.5. The molecule has 0 N–H and O–H groups in total. The number of methoxy groups -OCH3 is 1. The van der Waals surface area contributed by atoms with Crippen molar-refractivity contribution in [1.82, 2.24) is 4.90 Å².